The molecule has 0 aromatic carbocycles. The molecule has 1 rings (SSSR count). The van der Waals surface area contributed by atoms with Crippen LogP contribution in [0.5, 0.6) is 0 Å². The molecule has 0 saturated heterocycles. The van der Waals surface area contributed by atoms with Gasteiger partial charge in [0.15, 0.2) is 0 Å². The average molecular weight is 178 g/mol. The van der Waals surface area contributed by atoms with Crippen LogP contribution in [-0.2, 0) is 0 Å². The molecule has 0 aromatic heterocycles. The minimum absolute atomic E-state index is 0.0208. The smallest absolute Gasteiger partial charge is 0.251 e. The first-order valence-electron chi connectivity index (χ1n) is 3.75. The van der Waals surface area contributed by atoms with Crippen LogP contribution in [0.1, 0.15) is 26.2 Å². The first kappa shape index (κ1) is 9.22. The van der Waals surface area contributed by atoms with Gasteiger partial charge in [0.2, 0.25) is 0 Å². The van der Waals surface area contributed by atoms with E-state index in [9.17, 15) is 8.78 Å². The van der Waals surface area contributed by atoms with Gasteiger partial charge in [0.25, 0.3) is 5.92 Å². The van der Waals surface area contributed by atoms with Crippen LogP contribution in [0, 0.1) is 5.41 Å². The van der Waals surface area contributed by atoms with Gasteiger partial charge in [-0.1, -0.05) is 5.16 Å². The Balaban J connectivity index is 2.63. The minimum atomic E-state index is -2.73. The number of hydrogen-bond acceptors (Lipinski definition) is 2. The van der Waals surface area contributed by atoms with E-state index in [0.29, 0.717) is 12.8 Å². The van der Waals surface area contributed by atoms with E-state index in [1.165, 1.54) is 0 Å². The van der Waals surface area contributed by atoms with Crippen LogP contribution in [0.15, 0.2) is 5.16 Å². The molecule has 12 heavy (non-hydrogen) atoms. The fraction of sp³-hybridized carbons (Fsp3) is 0.857. The number of alkyl halides is 2. The van der Waals surface area contributed by atoms with Gasteiger partial charge in [0.1, 0.15) is 5.84 Å². The summed E-state index contributed by atoms with van der Waals surface area (Å²) in [5.41, 5.74) is 4.12. The predicted molar refractivity (Wildman–Crippen MR) is 40.3 cm³/mol. The predicted octanol–water partition coefficient (Wildman–Crippen LogP) is 1.56. The van der Waals surface area contributed by atoms with Crippen molar-refractivity contribution >= 4 is 5.84 Å². The van der Waals surface area contributed by atoms with Gasteiger partial charge < -0.3 is 10.9 Å². The van der Waals surface area contributed by atoms with E-state index >= 15 is 0 Å². The van der Waals surface area contributed by atoms with Crippen molar-refractivity contribution in [3.05, 3.63) is 0 Å². The second kappa shape index (κ2) is 2.57. The van der Waals surface area contributed by atoms with Gasteiger partial charge in [-0.05, 0) is 19.8 Å². The van der Waals surface area contributed by atoms with E-state index in [1.54, 1.807) is 0 Å². The lowest BCUT2D eigenvalue weighted by Gasteiger charge is -2.21. The summed E-state index contributed by atoms with van der Waals surface area (Å²) in [6.07, 6.45) is 0.881. The van der Waals surface area contributed by atoms with Crippen LogP contribution in [-0.4, -0.2) is 17.0 Å². The highest BCUT2D eigenvalue weighted by Crippen LogP contribution is 2.58. The minimum Gasteiger partial charge on any atom is -0.409 e. The van der Waals surface area contributed by atoms with Crippen LogP contribution in [0.25, 0.3) is 0 Å². The molecular weight excluding hydrogens is 166 g/mol. The van der Waals surface area contributed by atoms with Crippen molar-refractivity contribution in [1.29, 1.82) is 0 Å². The van der Waals surface area contributed by atoms with Crippen molar-refractivity contribution in [3.8, 4) is 0 Å². The molecule has 0 radical (unpaired) electrons. The van der Waals surface area contributed by atoms with Gasteiger partial charge in [0, 0.05) is 11.8 Å². The molecule has 0 aliphatic heterocycles. The summed E-state index contributed by atoms with van der Waals surface area (Å²) in [5, 5.41) is 10.9. The monoisotopic (exact) mass is 178 g/mol. The summed E-state index contributed by atoms with van der Waals surface area (Å²) >= 11 is 0. The average Bonchev–Trinajstić information content (AvgIpc) is 2.67. The van der Waals surface area contributed by atoms with Gasteiger partial charge in [-0.2, -0.15) is 0 Å². The molecule has 0 unspecified atom stereocenters. The van der Waals surface area contributed by atoms with E-state index in [1.807, 2.05) is 0 Å². The molecule has 1 aliphatic carbocycles. The Bertz CT molecular complexity index is 206. The van der Waals surface area contributed by atoms with Gasteiger partial charge in [0.05, 0.1) is 0 Å². The van der Waals surface area contributed by atoms with Gasteiger partial charge in [-0.15, -0.1) is 0 Å². The maximum Gasteiger partial charge on any atom is 0.251 e. The highest BCUT2D eigenvalue weighted by Gasteiger charge is 2.59. The van der Waals surface area contributed by atoms with Crippen molar-refractivity contribution in [2.45, 2.75) is 32.1 Å². The van der Waals surface area contributed by atoms with Crippen molar-refractivity contribution in [3.63, 3.8) is 0 Å². The lowest BCUT2D eigenvalue weighted by molar-refractivity contribution is -0.0515. The van der Waals surface area contributed by atoms with Crippen LogP contribution < -0.4 is 5.73 Å². The Hall–Kier alpha value is -0.870. The maximum atomic E-state index is 12.9. The van der Waals surface area contributed by atoms with Crippen molar-refractivity contribution in [2.75, 3.05) is 0 Å². The molecule has 1 aliphatic rings. The van der Waals surface area contributed by atoms with Crippen LogP contribution in [0.2, 0.25) is 0 Å². The molecule has 1 saturated carbocycles. The molecule has 1 fully saturated rings. The fourth-order valence-electron chi connectivity index (χ4n) is 1.30. The molecule has 3 nitrogen and oxygen atoms in total. The largest absolute Gasteiger partial charge is 0.409 e. The zero-order valence-electron chi connectivity index (χ0n) is 6.85. The lowest BCUT2D eigenvalue weighted by Crippen LogP contribution is -2.31. The molecule has 0 spiro atoms. The second-order valence-corrected chi connectivity index (χ2v) is 3.44. The Morgan fingerprint density at radius 3 is 2.42 bits per heavy atom. The third-order valence-corrected chi connectivity index (χ3v) is 2.43. The molecule has 0 aromatic rings. The number of oxime groups is 1. The summed E-state index contributed by atoms with van der Waals surface area (Å²) < 4.78 is 25.7. The number of hydrogen-bond donors (Lipinski definition) is 2. The van der Waals surface area contributed by atoms with Gasteiger partial charge in [-0.25, -0.2) is 8.78 Å². The topological polar surface area (TPSA) is 58.6 Å². The molecule has 3 N–H and O–H groups in total. The van der Waals surface area contributed by atoms with E-state index in [4.69, 9.17) is 10.9 Å². The van der Waals surface area contributed by atoms with Crippen LogP contribution in [0.4, 0.5) is 8.78 Å². The lowest BCUT2D eigenvalue weighted by atomic mass is 9.95. The number of halogens is 2. The Morgan fingerprint density at radius 2 is 2.17 bits per heavy atom. The molecule has 0 amide bonds. The van der Waals surface area contributed by atoms with Crippen molar-refractivity contribution in [1.82, 2.24) is 0 Å². The standard InChI is InChI=1S/C7H12F2N2O/c1-6(8,9)7(2-3-7)4-5(10)11-12/h12H,2-4H2,1H3,(H2,10,11). The fourth-order valence-corrected chi connectivity index (χ4v) is 1.30. The molecule has 0 atom stereocenters. The summed E-state index contributed by atoms with van der Waals surface area (Å²) in [7, 11) is 0. The van der Waals surface area contributed by atoms with Crippen molar-refractivity contribution < 1.29 is 14.0 Å². The Morgan fingerprint density at radius 1 is 1.67 bits per heavy atom. The SMILES string of the molecule is CC(F)(F)C1(C/C(N)=N/O)CC1. The van der Waals surface area contributed by atoms with Crippen LogP contribution in [0.3, 0.4) is 0 Å². The van der Waals surface area contributed by atoms with E-state index in [2.05, 4.69) is 5.16 Å². The van der Waals surface area contributed by atoms with E-state index in [-0.39, 0.29) is 12.3 Å². The number of nitrogens with two attached hydrogens (primary N) is 1. The summed E-state index contributed by atoms with van der Waals surface area (Å²) in [6, 6.07) is 0. The van der Waals surface area contributed by atoms with Crippen molar-refractivity contribution in [2.24, 2.45) is 16.3 Å². The highest BCUT2D eigenvalue weighted by molar-refractivity contribution is 5.80. The Kier molecular flexibility index (Phi) is 1.97. The Labute approximate surface area is 69.2 Å². The number of nitrogens with zero attached hydrogens (tertiary/aromatic N) is 1. The third-order valence-electron chi connectivity index (χ3n) is 2.43. The molecule has 5 heteroatoms. The summed E-state index contributed by atoms with van der Waals surface area (Å²) in [6.45, 7) is 0.880. The number of rotatable bonds is 3. The van der Waals surface area contributed by atoms with E-state index in [0.717, 1.165) is 6.92 Å². The maximum absolute atomic E-state index is 12.9. The highest BCUT2D eigenvalue weighted by atomic mass is 19.3. The zero-order chi connectivity index (χ0) is 9.41. The summed E-state index contributed by atoms with van der Waals surface area (Å²) in [5.74, 6) is -2.85. The number of amidine groups is 1. The molecule has 70 valence electrons. The first-order chi connectivity index (χ1) is 5.41. The second-order valence-electron chi connectivity index (χ2n) is 3.44. The van der Waals surface area contributed by atoms with Gasteiger partial charge >= 0.3 is 0 Å². The normalized spacial score (nSPS) is 22.4. The zero-order valence-corrected chi connectivity index (χ0v) is 6.85. The molecular formula is C7H12F2N2O. The summed E-state index contributed by atoms with van der Waals surface area (Å²) in [4.78, 5) is 0. The third kappa shape index (κ3) is 1.49. The molecule has 0 heterocycles. The van der Waals surface area contributed by atoms with E-state index < -0.39 is 11.3 Å². The quantitative estimate of drug-likeness (QED) is 0.298. The van der Waals surface area contributed by atoms with Crippen LogP contribution >= 0.6 is 0 Å². The molecule has 0 bridgehead atoms. The first-order valence-corrected chi connectivity index (χ1v) is 3.75. The van der Waals surface area contributed by atoms with Gasteiger partial charge in [-0.3, -0.25) is 0 Å².